The van der Waals surface area contributed by atoms with Crippen LogP contribution in [-0.4, -0.2) is 34.1 Å². The molecule has 1 aromatic heterocycles. The average Bonchev–Trinajstić information content (AvgIpc) is 3.01. The van der Waals surface area contributed by atoms with Gasteiger partial charge in [0.25, 0.3) is 0 Å². The van der Waals surface area contributed by atoms with Gasteiger partial charge in [0, 0.05) is 13.1 Å². The van der Waals surface area contributed by atoms with Crippen molar-refractivity contribution in [3.8, 4) is 0 Å². The molecule has 3 rings (SSSR count). The topological polar surface area (TPSA) is 41.0 Å². The van der Waals surface area contributed by atoms with Crippen LogP contribution in [0.25, 0.3) is 11.0 Å². The molecule has 114 valence electrons. The number of hydrogen-bond acceptors (Lipinski definition) is 2. The van der Waals surface area contributed by atoms with Crippen LogP contribution in [-0.2, 0) is 12.0 Å². The van der Waals surface area contributed by atoms with E-state index >= 15 is 0 Å². The molecule has 4 heteroatoms. The van der Waals surface area contributed by atoms with Crippen molar-refractivity contribution < 1.29 is 0 Å². The van der Waals surface area contributed by atoms with Crippen molar-refractivity contribution in [2.75, 3.05) is 19.6 Å². The van der Waals surface area contributed by atoms with Crippen LogP contribution in [0.15, 0.2) is 23.0 Å². The van der Waals surface area contributed by atoms with Crippen molar-refractivity contribution in [2.24, 2.45) is 0 Å². The third-order valence-electron chi connectivity index (χ3n) is 4.48. The Bertz CT molecular complexity index is 684. The van der Waals surface area contributed by atoms with Gasteiger partial charge in [0.05, 0.1) is 11.0 Å². The van der Waals surface area contributed by atoms with E-state index in [1.165, 1.54) is 31.5 Å². The third-order valence-corrected chi connectivity index (χ3v) is 4.48. The van der Waals surface area contributed by atoms with Crippen LogP contribution in [0, 0.1) is 0 Å². The van der Waals surface area contributed by atoms with Gasteiger partial charge in [-0.1, -0.05) is 26.8 Å². The summed E-state index contributed by atoms with van der Waals surface area (Å²) < 4.78 is 1.88. The first-order valence-corrected chi connectivity index (χ1v) is 7.90. The summed E-state index contributed by atoms with van der Waals surface area (Å²) in [5, 5.41) is 0. The fraction of sp³-hybridized carbons (Fsp3) is 0.588. The molecule has 0 spiro atoms. The molecule has 1 fully saturated rings. The lowest BCUT2D eigenvalue weighted by molar-refractivity contribution is 0.322. The highest BCUT2D eigenvalue weighted by Gasteiger charge is 2.17. The Morgan fingerprint density at radius 1 is 1.14 bits per heavy atom. The predicted molar refractivity (Wildman–Crippen MR) is 86.9 cm³/mol. The van der Waals surface area contributed by atoms with Crippen molar-refractivity contribution >= 4 is 11.0 Å². The third kappa shape index (κ3) is 2.91. The van der Waals surface area contributed by atoms with Gasteiger partial charge in [-0.2, -0.15) is 0 Å². The molecule has 1 N–H and O–H groups in total. The minimum absolute atomic E-state index is 0.00950. The van der Waals surface area contributed by atoms with E-state index in [4.69, 9.17) is 0 Å². The largest absolute Gasteiger partial charge is 0.326 e. The molecule has 2 aromatic rings. The van der Waals surface area contributed by atoms with Crippen LogP contribution in [0.3, 0.4) is 0 Å². The minimum Gasteiger partial charge on any atom is -0.306 e. The molecule has 21 heavy (non-hydrogen) atoms. The SMILES string of the molecule is CC(C)(C)c1ccc2c(c1)[nH]c(=O)n2CCN1CCCC1. The number of nitrogens with one attached hydrogen (secondary N) is 1. The van der Waals surface area contributed by atoms with Crippen LogP contribution in [0.1, 0.15) is 39.2 Å². The van der Waals surface area contributed by atoms with E-state index in [0.717, 1.165) is 24.1 Å². The average molecular weight is 287 g/mol. The maximum Gasteiger partial charge on any atom is 0.326 e. The highest BCUT2D eigenvalue weighted by atomic mass is 16.1. The highest BCUT2D eigenvalue weighted by molar-refractivity contribution is 5.76. The number of hydrogen-bond donors (Lipinski definition) is 1. The smallest absolute Gasteiger partial charge is 0.306 e. The summed E-state index contributed by atoms with van der Waals surface area (Å²) in [5.41, 5.74) is 3.34. The van der Waals surface area contributed by atoms with E-state index in [2.05, 4.69) is 48.9 Å². The molecule has 1 aliphatic rings. The van der Waals surface area contributed by atoms with E-state index in [1.807, 2.05) is 4.57 Å². The van der Waals surface area contributed by atoms with Gasteiger partial charge in [0.15, 0.2) is 0 Å². The van der Waals surface area contributed by atoms with E-state index in [9.17, 15) is 4.79 Å². The molecule has 1 aliphatic heterocycles. The van der Waals surface area contributed by atoms with Crippen LogP contribution in [0.5, 0.6) is 0 Å². The molecule has 2 heterocycles. The summed E-state index contributed by atoms with van der Waals surface area (Å²) in [6, 6.07) is 6.34. The van der Waals surface area contributed by atoms with Gasteiger partial charge < -0.3 is 9.88 Å². The summed E-state index contributed by atoms with van der Waals surface area (Å²) in [5.74, 6) is 0. The molecule has 0 saturated carbocycles. The van der Waals surface area contributed by atoms with E-state index in [1.54, 1.807) is 0 Å². The maximum absolute atomic E-state index is 12.2. The zero-order chi connectivity index (χ0) is 15.0. The van der Waals surface area contributed by atoms with Crippen molar-refractivity contribution in [2.45, 2.75) is 45.6 Å². The van der Waals surface area contributed by atoms with E-state index in [-0.39, 0.29) is 11.1 Å². The molecule has 0 amide bonds. The Balaban J connectivity index is 1.88. The van der Waals surface area contributed by atoms with E-state index < -0.39 is 0 Å². The first kappa shape index (κ1) is 14.4. The molecular formula is C17H25N3O. The fourth-order valence-corrected chi connectivity index (χ4v) is 3.10. The molecular weight excluding hydrogens is 262 g/mol. The van der Waals surface area contributed by atoms with Crippen molar-refractivity contribution in [3.63, 3.8) is 0 Å². The molecule has 1 saturated heterocycles. The number of imidazole rings is 1. The summed E-state index contributed by atoms with van der Waals surface area (Å²) in [7, 11) is 0. The number of nitrogens with zero attached hydrogens (tertiary/aromatic N) is 2. The molecule has 4 nitrogen and oxygen atoms in total. The summed E-state index contributed by atoms with van der Waals surface area (Å²) in [4.78, 5) is 17.6. The van der Waals surface area contributed by atoms with Crippen molar-refractivity contribution in [3.05, 3.63) is 34.2 Å². The van der Waals surface area contributed by atoms with Crippen LogP contribution < -0.4 is 5.69 Å². The number of aromatic nitrogens is 2. The van der Waals surface area contributed by atoms with Crippen molar-refractivity contribution in [1.82, 2.24) is 14.5 Å². The lowest BCUT2D eigenvalue weighted by atomic mass is 9.87. The highest BCUT2D eigenvalue weighted by Crippen LogP contribution is 2.24. The maximum atomic E-state index is 12.2. The second-order valence-corrected chi connectivity index (χ2v) is 7.11. The van der Waals surface area contributed by atoms with Crippen LogP contribution in [0.4, 0.5) is 0 Å². The standard InChI is InChI=1S/C17H25N3O/c1-17(2,3)13-6-7-15-14(12-13)18-16(21)20(15)11-10-19-8-4-5-9-19/h6-7,12H,4-5,8-11H2,1-3H3,(H,18,21). The number of aromatic amines is 1. The van der Waals surface area contributed by atoms with Gasteiger partial charge in [-0.15, -0.1) is 0 Å². The Labute approximate surface area is 125 Å². The van der Waals surface area contributed by atoms with Gasteiger partial charge in [-0.3, -0.25) is 4.57 Å². The quantitative estimate of drug-likeness (QED) is 0.943. The fourth-order valence-electron chi connectivity index (χ4n) is 3.10. The number of H-pyrrole nitrogens is 1. The number of rotatable bonds is 3. The van der Waals surface area contributed by atoms with Gasteiger partial charge >= 0.3 is 5.69 Å². The summed E-state index contributed by atoms with van der Waals surface area (Å²) in [6.45, 7) is 10.7. The lowest BCUT2D eigenvalue weighted by Gasteiger charge is -2.19. The monoisotopic (exact) mass is 287 g/mol. The molecule has 1 aromatic carbocycles. The van der Waals surface area contributed by atoms with Gasteiger partial charge in [0.1, 0.15) is 0 Å². The first-order valence-electron chi connectivity index (χ1n) is 7.90. The zero-order valence-electron chi connectivity index (χ0n) is 13.3. The normalized spacial score (nSPS) is 16.9. The Kier molecular flexibility index (Phi) is 3.66. The number of benzene rings is 1. The molecule has 0 aliphatic carbocycles. The van der Waals surface area contributed by atoms with Gasteiger partial charge in [0.2, 0.25) is 0 Å². The molecule has 0 unspecified atom stereocenters. The Morgan fingerprint density at radius 2 is 1.86 bits per heavy atom. The summed E-state index contributed by atoms with van der Waals surface area (Å²) >= 11 is 0. The van der Waals surface area contributed by atoms with Gasteiger partial charge in [-0.25, -0.2) is 4.79 Å². The second-order valence-electron chi connectivity index (χ2n) is 7.11. The number of likely N-dealkylation sites (tertiary alicyclic amines) is 1. The van der Waals surface area contributed by atoms with E-state index in [0.29, 0.717) is 0 Å². The van der Waals surface area contributed by atoms with Crippen molar-refractivity contribution in [1.29, 1.82) is 0 Å². The lowest BCUT2D eigenvalue weighted by Crippen LogP contribution is -2.28. The first-order chi connectivity index (χ1) is 9.95. The number of fused-ring (bicyclic) bond motifs is 1. The van der Waals surface area contributed by atoms with Crippen LogP contribution in [0.2, 0.25) is 0 Å². The summed E-state index contributed by atoms with van der Waals surface area (Å²) in [6.07, 6.45) is 2.58. The Hall–Kier alpha value is -1.55. The van der Waals surface area contributed by atoms with Gasteiger partial charge in [-0.05, 0) is 49.0 Å². The second kappa shape index (κ2) is 5.34. The minimum atomic E-state index is 0.00950. The molecule has 0 bridgehead atoms. The van der Waals surface area contributed by atoms with Crippen LogP contribution >= 0.6 is 0 Å². The Morgan fingerprint density at radius 3 is 2.52 bits per heavy atom. The molecule has 0 radical (unpaired) electrons. The predicted octanol–water partition coefficient (Wildman–Crippen LogP) is 2.72. The zero-order valence-corrected chi connectivity index (χ0v) is 13.3. The molecule has 0 atom stereocenters.